The molecule has 116 valence electrons. The van der Waals surface area contributed by atoms with Crippen LogP contribution < -0.4 is 10.2 Å². The summed E-state index contributed by atoms with van der Waals surface area (Å²) in [5.74, 6) is 0.885. The summed E-state index contributed by atoms with van der Waals surface area (Å²) >= 11 is 0. The minimum absolute atomic E-state index is 0.148. The van der Waals surface area contributed by atoms with Gasteiger partial charge < -0.3 is 15.2 Å². The Bertz CT molecular complexity index is 651. The van der Waals surface area contributed by atoms with Crippen LogP contribution >= 0.6 is 0 Å². The molecule has 1 fully saturated rings. The van der Waals surface area contributed by atoms with Crippen LogP contribution in [-0.2, 0) is 0 Å². The van der Waals surface area contributed by atoms with E-state index in [2.05, 4.69) is 27.1 Å². The number of carbonyl (C=O) groups is 1. The van der Waals surface area contributed by atoms with Gasteiger partial charge >= 0.3 is 0 Å². The van der Waals surface area contributed by atoms with Gasteiger partial charge in [-0.05, 0) is 56.9 Å². The van der Waals surface area contributed by atoms with E-state index in [1.807, 2.05) is 13.0 Å². The van der Waals surface area contributed by atoms with E-state index < -0.39 is 0 Å². The predicted octanol–water partition coefficient (Wildman–Crippen LogP) is 3.35. The maximum Gasteiger partial charge on any atom is 0.272 e. The van der Waals surface area contributed by atoms with Crippen molar-refractivity contribution < 1.29 is 4.79 Å². The topological polar surface area (TPSA) is 61.0 Å². The summed E-state index contributed by atoms with van der Waals surface area (Å²) in [4.78, 5) is 21.9. The molecule has 0 saturated carbocycles. The zero-order valence-corrected chi connectivity index (χ0v) is 13.1. The highest BCUT2D eigenvalue weighted by atomic mass is 16.1. The second kappa shape index (κ2) is 6.22. The van der Waals surface area contributed by atoms with Gasteiger partial charge in [0.15, 0.2) is 0 Å². The molecule has 0 aromatic carbocycles. The van der Waals surface area contributed by atoms with Gasteiger partial charge in [-0.15, -0.1) is 0 Å². The Balaban J connectivity index is 1.76. The summed E-state index contributed by atoms with van der Waals surface area (Å²) in [7, 11) is 0. The van der Waals surface area contributed by atoms with Crippen LogP contribution in [0.5, 0.6) is 0 Å². The van der Waals surface area contributed by atoms with Crippen molar-refractivity contribution in [2.45, 2.75) is 39.2 Å². The number of aryl methyl sites for hydroxylation is 1. The number of anilines is 2. The molecule has 1 unspecified atom stereocenters. The second-order valence-electron chi connectivity index (χ2n) is 5.94. The fourth-order valence-corrected chi connectivity index (χ4v) is 3.02. The lowest BCUT2D eigenvalue weighted by molar-refractivity contribution is 0.102. The highest BCUT2D eigenvalue weighted by Crippen LogP contribution is 2.27. The van der Waals surface area contributed by atoms with Gasteiger partial charge in [0.2, 0.25) is 0 Å². The molecule has 3 heterocycles. The monoisotopic (exact) mass is 298 g/mol. The lowest BCUT2D eigenvalue weighted by Crippen LogP contribution is -2.38. The lowest BCUT2D eigenvalue weighted by atomic mass is 10.0. The lowest BCUT2D eigenvalue weighted by Gasteiger charge is -2.35. The molecule has 0 radical (unpaired) electrons. The number of carbonyl (C=O) groups excluding carboxylic acids is 1. The second-order valence-corrected chi connectivity index (χ2v) is 5.94. The summed E-state index contributed by atoms with van der Waals surface area (Å²) in [6, 6.07) is 6.07. The zero-order valence-electron chi connectivity index (χ0n) is 13.1. The van der Waals surface area contributed by atoms with Gasteiger partial charge in [0.05, 0.1) is 11.9 Å². The molecule has 1 aliphatic heterocycles. The number of pyridine rings is 1. The summed E-state index contributed by atoms with van der Waals surface area (Å²) < 4.78 is 0. The zero-order chi connectivity index (χ0) is 15.5. The fraction of sp³-hybridized carbons (Fsp3) is 0.412. The third kappa shape index (κ3) is 2.98. The van der Waals surface area contributed by atoms with Crippen LogP contribution in [-0.4, -0.2) is 28.5 Å². The van der Waals surface area contributed by atoms with E-state index in [9.17, 15) is 4.79 Å². The van der Waals surface area contributed by atoms with Crippen LogP contribution in [0.1, 0.15) is 42.2 Å². The van der Waals surface area contributed by atoms with Crippen LogP contribution in [0, 0.1) is 6.92 Å². The molecule has 1 aliphatic rings. The summed E-state index contributed by atoms with van der Waals surface area (Å²) in [6.45, 7) is 5.36. The van der Waals surface area contributed by atoms with Gasteiger partial charge in [-0.3, -0.25) is 4.79 Å². The number of nitrogens with zero attached hydrogens (tertiary/aromatic N) is 2. The Hall–Kier alpha value is -2.30. The number of aromatic nitrogens is 2. The molecule has 1 amide bonds. The smallest absolute Gasteiger partial charge is 0.272 e. The molecule has 5 heteroatoms. The summed E-state index contributed by atoms with van der Waals surface area (Å²) in [5.41, 5.74) is 2.37. The first-order valence-corrected chi connectivity index (χ1v) is 7.83. The number of amides is 1. The molecule has 0 bridgehead atoms. The number of hydrogen-bond acceptors (Lipinski definition) is 3. The van der Waals surface area contributed by atoms with Crippen molar-refractivity contribution in [2.24, 2.45) is 0 Å². The van der Waals surface area contributed by atoms with E-state index >= 15 is 0 Å². The van der Waals surface area contributed by atoms with Crippen molar-refractivity contribution in [2.75, 3.05) is 16.8 Å². The third-order valence-corrected chi connectivity index (χ3v) is 4.23. The Morgan fingerprint density at radius 3 is 3.00 bits per heavy atom. The first kappa shape index (κ1) is 14.6. The van der Waals surface area contributed by atoms with Crippen LogP contribution in [0.3, 0.4) is 0 Å². The summed E-state index contributed by atoms with van der Waals surface area (Å²) in [5, 5.41) is 2.88. The average Bonchev–Trinajstić information content (AvgIpc) is 3.03. The first-order chi connectivity index (χ1) is 10.6. The Labute approximate surface area is 130 Å². The van der Waals surface area contributed by atoms with Crippen molar-refractivity contribution in [1.82, 2.24) is 9.97 Å². The van der Waals surface area contributed by atoms with E-state index in [-0.39, 0.29) is 5.91 Å². The molecule has 5 nitrogen and oxygen atoms in total. The standard InChI is InChI=1S/C17H22N4O/c1-12-10-14(20-17(22)15-7-5-8-18-15)11-19-16(12)21-9-4-3-6-13(21)2/h5,7-8,10-11,13,18H,3-4,6,9H2,1-2H3,(H,20,22). The van der Waals surface area contributed by atoms with E-state index in [4.69, 9.17) is 0 Å². The average molecular weight is 298 g/mol. The van der Waals surface area contributed by atoms with Gasteiger partial charge in [0.25, 0.3) is 5.91 Å². The SMILES string of the molecule is Cc1cc(NC(=O)c2ccc[nH]2)cnc1N1CCCCC1C. The minimum Gasteiger partial charge on any atom is -0.357 e. The van der Waals surface area contributed by atoms with Gasteiger partial charge in [0, 0.05) is 18.8 Å². The van der Waals surface area contributed by atoms with Crippen molar-refractivity contribution >= 4 is 17.4 Å². The van der Waals surface area contributed by atoms with Crippen LogP contribution in [0.2, 0.25) is 0 Å². The van der Waals surface area contributed by atoms with E-state index in [0.29, 0.717) is 11.7 Å². The molecule has 22 heavy (non-hydrogen) atoms. The van der Waals surface area contributed by atoms with Gasteiger partial charge in [-0.25, -0.2) is 4.98 Å². The van der Waals surface area contributed by atoms with Gasteiger partial charge in [0.1, 0.15) is 11.5 Å². The molecule has 1 saturated heterocycles. The molecule has 0 spiro atoms. The van der Waals surface area contributed by atoms with E-state index in [1.54, 1.807) is 24.5 Å². The van der Waals surface area contributed by atoms with Crippen LogP contribution in [0.25, 0.3) is 0 Å². The number of rotatable bonds is 3. The molecular formula is C17H22N4O. The van der Waals surface area contributed by atoms with Crippen LogP contribution in [0.15, 0.2) is 30.6 Å². The maximum absolute atomic E-state index is 12.0. The number of hydrogen-bond donors (Lipinski definition) is 2. The fourth-order valence-electron chi connectivity index (χ4n) is 3.02. The molecule has 2 aromatic heterocycles. The number of H-pyrrole nitrogens is 1. The van der Waals surface area contributed by atoms with Crippen molar-refractivity contribution in [1.29, 1.82) is 0 Å². The molecule has 1 atom stereocenters. The Morgan fingerprint density at radius 2 is 2.32 bits per heavy atom. The van der Waals surface area contributed by atoms with Crippen molar-refractivity contribution in [3.05, 3.63) is 41.9 Å². The molecule has 2 aromatic rings. The number of piperidine rings is 1. The first-order valence-electron chi connectivity index (χ1n) is 7.83. The third-order valence-electron chi connectivity index (χ3n) is 4.23. The normalized spacial score (nSPS) is 18.3. The van der Waals surface area contributed by atoms with Crippen LogP contribution in [0.4, 0.5) is 11.5 Å². The van der Waals surface area contributed by atoms with E-state index in [0.717, 1.165) is 23.6 Å². The minimum atomic E-state index is -0.148. The number of nitrogens with one attached hydrogen (secondary N) is 2. The molecule has 3 rings (SSSR count). The summed E-state index contributed by atoms with van der Waals surface area (Å²) in [6.07, 6.45) is 7.20. The molecule has 2 N–H and O–H groups in total. The highest BCUT2D eigenvalue weighted by molar-refractivity contribution is 6.02. The van der Waals surface area contributed by atoms with Crippen molar-refractivity contribution in [3.8, 4) is 0 Å². The largest absolute Gasteiger partial charge is 0.357 e. The van der Waals surface area contributed by atoms with Gasteiger partial charge in [-0.1, -0.05) is 0 Å². The Morgan fingerprint density at radius 1 is 1.45 bits per heavy atom. The van der Waals surface area contributed by atoms with E-state index in [1.165, 1.54) is 19.3 Å². The predicted molar refractivity (Wildman–Crippen MR) is 88.4 cm³/mol. The van der Waals surface area contributed by atoms with Crippen molar-refractivity contribution in [3.63, 3.8) is 0 Å². The highest BCUT2D eigenvalue weighted by Gasteiger charge is 2.21. The number of aromatic amines is 1. The molecular weight excluding hydrogens is 276 g/mol. The quantitative estimate of drug-likeness (QED) is 0.913. The van der Waals surface area contributed by atoms with Gasteiger partial charge in [-0.2, -0.15) is 0 Å². The molecule has 0 aliphatic carbocycles. The maximum atomic E-state index is 12.0. The Kier molecular flexibility index (Phi) is 4.13.